The van der Waals surface area contributed by atoms with Crippen molar-refractivity contribution in [2.45, 2.75) is 75.5 Å². The Morgan fingerprint density at radius 2 is 1.80 bits per heavy atom. The Hall–Kier alpha value is -1.42. The SMILES string of the molecule is O=C(C1CC1)N1CCC(C2NOC(C3CCC4OC(=O)N(C5COC5)C4C3)N2)CC1. The number of hydrogen-bond donors (Lipinski definition) is 2. The highest BCUT2D eigenvalue weighted by molar-refractivity contribution is 5.81. The monoisotopic (exact) mass is 420 g/mol. The maximum absolute atomic E-state index is 12.3. The van der Waals surface area contributed by atoms with E-state index in [2.05, 4.69) is 15.7 Å². The van der Waals surface area contributed by atoms with Gasteiger partial charge in [0.05, 0.1) is 31.5 Å². The van der Waals surface area contributed by atoms with Crippen molar-refractivity contribution in [1.29, 1.82) is 0 Å². The van der Waals surface area contributed by atoms with Gasteiger partial charge in [-0.3, -0.25) is 19.8 Å². The van der Waals surface area contributed by atoms with E-state index in [4.69, 9.17) is 14.3 Å². The van der Waals surface area contributed by atoms with Gasteiger partial charge in [-0.05, 0) is 50.9 Å². The molecule has 6 aliphatic rings. The van der Waals surface area contributed by atoms with Crippen LogP contribution in [0.4, 0.5) is 4.79 Å². The molecule has 5 unspecified atom stereocenters. The fourth-order valence-corrected chi connectivity index (χ4v) is 5.88. The predicted molar refractivity (Wildman–Crippen MR) is 105 cm³/mol. The van der Waals surface area contributed by atoms with E-state index < -0.39 is 0 Å². The average Bonchev–Trinajstić information content (AvgIpc) is 3.38. The van der Waals surface area contributed by atoms with E-state index >= 15 is 0 Å². The predicted octanol–water partition coefficient (Wildman–Crippen LogP) is 0.800. The zero-order chi connectivity index (χ0) is 20.2. The van der Waals surface area contributed by atoms with E-state index in [0.717, 1.165) is 58.0 Å². The van der Waals surface area contributed by atoms with Gasteiger partial charge in [0, 0.05) is 24.9 Å². The summed E-state index contributed by atoms with van der Waals surface area (Å²) in [6.07, 6.45) is 6.85. The van der Waals surface area contributed by atoms with Crippen LogP contribution in [0.15, 0.2) is 0 Å². The van der Waals surface area contributed by atoms with Gasteiger partial charge >= 0.3 is 6.09 Å². The molecule has 6 rings (SSSR count). The van der Waals surface area contributed by atoms with Crippen molar-refractivity contribution in [2.75, 3.05) is 26.3 Å². The van der Waals surface area contributed by atoms with Gasteiger partial charge in [-0.2, -0.15) is 5.48 Å². The quantitative estimate of drug-likeness (QED) is 0.695. The third-order valence-electron chi connectivity index (χ3n) is 7.97. The molecule has 6 fully saturated rings. The summed E-state index contributed by atoms with van der Waals surface area (Å²) in [5.41, 5.74) is 3.23. The first kappa shape index (κ1) is 19.3. The fraction of sp³-hybridized carbons (Fsp3) is 0.905. The van der Waals surface area contributed by atoms with E-state index in [9.17, 15) is 9.59 Å². The van der Waals surface area contributed by atoms with Gasteiger partial charge < -0.3 is 14.4 Å². The minimum absolute atomic E-state index is 0.00726. The molecule has 4 heterocycles. The van der Waals surface area contributed by atoms with Gasteiger partial charge in [0.15, 0.2) is 0 Å². The van der Waals surface area contributed by atoms with Gasteiger partial charge in [-0.15, -0.1) is 0 Å². The number of carbonyl (C=O) groups excluding carboxylic acids is 2. The van der Waals surface area contributed by atoms with Gasteiger partial charge in [0.1, 0.15) is 12.3 Å². The second-order valence-electron chi connectivity index (χ2n) is 9.90. The molecule has 166 valence electrons. The number of hydrogen-bond acceptors (Lipinski definition) is 7. The van der Waals surface area contributed by atoms with Crippen LogP contribution in [-0.2, 0) is 19.1 Å². The van der Waals surface area contributed by atoms with Crippen LogP contribution in [0.25, 0.3) is 0 Å². The second-order valence-corrected chi connectivity index (χ2v) is 9.90. The Labute approximate surface area is 176 Å². The number of ether oxygens (including phenoxy) is 2. The van der Waals surface area contributed by atoms with Crippen LogP contribution >= 0.6 is 0 Å². The fourth-order valence-electron chi connectivity index (χ4n) is 5.88. The largest absolute Gasteiger partial charge is 0.444 e. The topological polar surface area (TPSA) is 92.4 Å². The van der Waals surface area contributed by atoms with Gasteiger partial charge in [-0.1, -0.05) is 0 Å². The van der Waals surface area contributed by atoms with Crippen LogP contribution in [0.3, 0.4) is 0 Å². The summed E-state index contributed by atoms with van der Waals surface area (Å²) in [4.78, 5) is 34.6. The molecule has 5 atom stereocenters. The number of hydroxylamine groups is 1. The first-order chi connectivity index (χ1) is 14.7. The van der Waals surface area contributed by atoms with Gasteiger partial charge in [0.25, 0.3) is 0 Å². The molecule has 0 spiro atoms. The Kier molecular flexibility index (Phi) is 4.89. The Morgan fingerprint density at radius 1 is 1.00 bits per heavy atom. The molecule has 2 amide bonds. The summed E-state index contributed by atoms with van der Waals surface area (Å²) in [6, 6.07) is 0.296. The molecule has 30 heavy (non-hydrogen) atoms. The second kappa shape index (κ2) is 7.62. The zero-order valence-electron chi connectivity index (χ0n) is 17.3. The summed E-state index contributed by atoms with van der Waals surface area (Å²) in [5, 5.41) is 3.67. The molecular formula is C21H32N4O5. The van der Waals surface area contributed by atoms with Crippen LogP contribution in [0.1, 0.15) is 44.9 Å². The van der Waals surface area contributed by atoms with Crippen molar-refractivity contribution in [3.05, 3.63) is 0 Å². The van der Waals surface area contributed by atoms with Crippen LogP contribution in [0.5, 0.6) is 0 Å². The van der Waals surface area contributed by atoms with Crippen LogP contribution in [0.2, 0.25) is 0 Å². The molecule has 2 saturated carbocycles. The zero-order valence-corrected chi connectivity index (χ0v) is 17.3. The Morgan fingerprint density at radius 3 is 2.50 bits per heavy atom. The maximum atomic E-state index is 12.3. The smallest absolute Gasteiger partial charge is 0.410 e. The highest BCUT2D eigenvalue weighted by atomic mass is 16.7. The number of fused-ring (bicyclic) bond motifs is 1. The van der Waals surface area contributed by atoms with Gasteiger partial charge in [-0.25, -0.2) is 4.79 Å². The van der Waals surface area contributed by atoms with Crippen molar-refractivity contribution >= 4 is 12.0 Å². The summed E-state index contributed by atoms with van der Waals surface area (Å²) < 4.78 is 10.9. The average molecular weight is 421 g/mol. The number of rotatable bonds is 4. The van der Waals surface area contributed by atoms with Crippen molar-refractivity contribution in [2.24, 2.45) is 17.8 Å². The number of amides is 2. The van der Waals surface area contributed by atoms with Crippen molar-refractivity contribution < 1.29 is 23.9 Å². The molecule has 9 nitrogen and oxygen atoms in total. The highest BCUT2D eigenvalue weighted by Gasteiger charge is 2.51. The minimum atomic E-state index is -0.178. The third-order valence-corrected chi connectivity index (χ3v) is 7.97. The number of nitrogens with zero attached hydrogens (tertiary/aromatic N) is 2. The normalized spacial score (nSPS) is 40.3. The molecule has 2 N–H and O–H groups in total. The van der Waals surface area contributed by atoms with Crippen molar-refractivity contribution in [3.8, 4) is 0 Å². The van der Waals surface area contributed by atoms with E-state index in [1.165, 1.54) is 0 Å². The molecule has 0 aromatic rings. The summed E-state index contributed by atoms with van der Waals surface area (Å²) in [7, 11) is 0. The Balaban J connectivity index is 1.03. The number of piperidine rings is 1. The first-order valence-corrected chi connectivity index (χ1v) is 11.7. The molecule has 4 saturated heterocycles. The standard InChI is InChI=1S/C21H32N4O5/c26-20(13-1-2-13)24-7-5-12(6-8-24)18-22-19(30-23-18)14-3-4-17-16(9-14)25(21(27)29-17)15-10-28-11-15/h12-19,22-23H,1-11H2. The van der Waals surface area contributed by atoms with Crippen molar-refractivity contribution in [1.82, 2.24) is 20.6 Å². The molecular weight excluding hydrogens is 388 g/mol. The highest BCUT2D eigenvalue weighted by Crippen LogP contribution is 2.39. The molecule has 0 aromatic carbocycles. The lowest BCUT2D eigenvalue weighted by Gasteiger charge is -2.40. The van der Waals surface area contributed by atoms with E-state index in [-0.39, 0.29) is 36.7 Å². The number of likely N-dealkylation sites (tertiary alicyclic amines) is 1. The van der Waals surface area contributed by atoms with E-state index in [0.29, 0.717) is 36.9 Å². The number of carbonyl (C=O) groups is 2. The molecule has 0 aromatic heterocycles. The van der Waals surface area contributed by atoms with E-state index in [1.807, 2.05) is 4.90 Å². The molecule has 0 bridgehead atoms. The van der Waals surface area contributed by atoms with Gasteiger partial charge in [0.2, 0.25) is 5.91 Å². The van der Waals surface area contributed by atoms with Crippen LogP contribution in [0, 0.1) is 17.8 Å². The lowest BCUT2D eigenvalue weighted by Crippen LogP contribution is -2.55. The van der Waals surface area contributed by atoms with E-state index in [1.54, 1.807) is 0 Å². The third kappa shape index (κ3) is 3.39. The first-order valence-electron chi connectivity index (χ1n) is 11.7. The Bertz CT molecular complexity index is 691. The van der Waals surface area contributed by atoms with Crippen LogP contribution < -0.4 is 10.8 Å². The molecule has 0 radical (unpaired) electrons. The summed E-state index contributed by atoms with van der Waals surface area (Å²) >= 11 is 0. The molecule has 4 aliphatic heterocycles. The lowest BCUT2D eigenvalue weighted by atomic mass is 9.82. The lowest BCUT2D eigenvalue weighted by molar-refractivity contribution is -0.134. The van der Waals surface area contributed by atoms with Crippen LogP contribution in [-0.4, -0.2) is 78.7 Å². The summed E-state index contributed by atoms with van der Waals surface area (Å²) in [6.45, 7) is 2.95. The molecule has 9 heteroatoms. The minimum Gasteiger partial charge on any atom is -0.444 e. The van der Waals surface area contributed by atoms with Crippen molar-refractivity contribution in [3.63, 3.8) is 0 Å². The molecule has 2 aliphatic carbocycles. The number of nitrogens with one attached hydrogen (secondary N) is 2. The maximum Gasteiger partial charge on any atom is 0.410 e. The summed E-state index contributed by atoms with van der Waals surface area (Å²) in [5.74, 6) is 1.49.